The molecule has 1 fully saturated rings. The van der Waals surface area contributed by atoms with Gasteiger partial charge in [0.15, 0.2) is 0 Å². The summed E-state index contributed by atoms with van der Waals surface area (Å²) in [5.41, 5.74) is 0. The number of ether oxygens (including phenoxy) is 1. The number of rotatable bonds is 3. The van der Waals surface area contributed by atoms with Crippen molar-refractivity contribution in [3.8, 4) is 0 Å². The number of carboxylic acid groups (broad SMARTS) is 1. The van der Waals surface area contributed by atoms with Gasteiger partial charge in [0.25, 0.3) is 0 Å². The molecule has 0 aromatic rings. The molecule has 3 atom stereocenters. The zero-order chi connectivity index (χ0) is 9.84. The van der Waals surface area contributed by atoms with E-state index in [1.165, 1.54) is 0 Å². The van der Waals surface area contributed by atoms with Crippen LogP contribution in [0.5, 0.6) is 0 Å². The molecule has 0 aromatic carbocycles. The molecule has 76 valence electrons. The van der Waals surface area contributed by atoms with Crippen LogP contribution in [-0.4, -0.2) is 30.0 Å². The fourth-order valence-electron chi connectivity index (χ4n) is 1.71. The molecule has 1 rings (SSSR count). The van der Waals surface area contributed by atoms with Crippen molar-refractivity contribution in [2.45, 2.75) is 38.5 Å². The fourth-order valence-corrected chi connectivity index (χ4v) is 1.71. The van der Waals surface area contributed by atoms with Crippen LogP contribution in [0.3, 0.4) is 0 Å². The lowest BCUT2D eigenvalue weighted by Crippen LogP contribution is -2.35. The molecule has 3 nitrogen and oxygen atoms in total. The Bertz CT molecular complexity index is 184. The highest BCUT2D eigenvalue weighted by Crippen LogP contribution is 2.28. The van der Waals surface area contributed by atoms with E-state index >= 15 is 0 Å². The SMILES string of the molecule is CCO[C@@H]1CC[C@H](C(=O)O)C[C@H]1F. The third-order valence-electron chi connectivity index (χ3n) is 2.44. The van der Waals surface area contributed by atoms with Crippen LogP contribution < -0.4 is 0 Å². The van der Waals surface area contributed by atoms with Crippen LogP contribution in [0.25, 0.3) is 0 Å². The van der Waals surface area contributed by atoms with Gasteiger partial charge in [-0.25, -0.2) is 4.39 Å². The first kappa shape index (κ1) is 10.4. The van der Waals surface area contributed by atoms with E-state index in [0.717, 1.165) is 0 Å². The van der Waals surface area contributed by atoms with Crippen LogP contribution in [0.2, 0.25) is 0 Å². The first-order valence-electron chi connectivity index (χ1n) is 4.63. The summed E-state index contributed by atoms with van der Waals surface area (Å²) in [7, 11) is 0. The molecule has 1 saturated carbocycles. The predicted molar refractivity (Wildman–Crippen MR) is 45.3 cm³/mol. The minimum absolute atomic E-state index is 0.0972. The second-order valence-corrected chi connectivity index (χ2v) is 3.36. The molecule has 0 aliphatic heterocycles. The summed E-state index contributed by atoms with van der Waals surface area (Å²) in [6, 6.07) is 0. The maximum absolute atomic E-state index is 13.3. The summed E-state index contributed by atoms with van der Waals surface area (Å²) in [6.07, 6.45) is -0.359. The highest BCUT2D eigenvalue weighted by atomic mass is 19.1. The lowest BCUT2D eigenvalue weighted by molar-refractivity contribution is -0.145. The van der Waals surface area contributed by atoms with Gasteiger partial charge in [-0.05, 0) is 26.2 Å². The molecule has 13 heavy (non-hydrogen) atoms. The summed E-state index contributed by atoms with van der Waals surface area (Å²) >= 11 is 0. The third-order valence-corrected chi connectivity index (χ3v) is 2.44. The van der Waals surface area contributed by atoms with Gasteiger partial charge in [0, 0.05) is 6.61 Å². The van der Waals surface area contributed by atoms with Gasteiger partial charge in [-0.1, -0.05) is 0 Å². The highest BCUT2D eigenvalue weighted by molar-refractivity contribution is 5.70. The van der Waals surface area contributed by atoms with Crippen LogP contribution in [-0.2, 0) is 9.53 Å². The van der Waals surface area contributed by atoms with E-state index in [-0.39, 0.29) is 12.5 Å². The monoisotopic (exact) mass is 190 g/mol. The Balaban J connectivity index is 2.41. The Morgan fingerprint density at radius 3 is 2.77 bits per heavy atom. The first-order chi connectivity index (χ1) is 6.15. The van der Waals surface area contributed by atoms with Crippen LogP contribution in [0.15, 0.2) is 0 Å². The Morgan fingerprint density at radius 1 is 1.62 bits per heavy atom. The average molecular weight is 190 g/mol. The van der Waals surface area contributed by atoms with Crippen molar-refractivity contribution in [1.82, 2.24) is 0 Å². The van der Waals surface area contributed by atoms with Crippen molar-refractivity contribution in [3.63, 3.8) is 0 Å². The fraction of sp³-hybridized carbons (Fsp3) is 0.889. The van der Waals surface area contributed by atoms with Crippen LogP contribution in [0.1, 0.15) is 26.2 Å². The van der Waals surface area contributed by atoms with Gasteiger partial charge in [-0.2, -0.15) is 0 Å². The lowest BCUT2D eigenvalue weighted by Gasteiger charge is -2.29. The van der Waals surface area contributed by atoms with Crippen LogP contribution >= 0.6 is 0 Å². The quantitative estimate of drug-likeness (QED) is 0.735. The Hall–Kier alpha value is -0.640. The van der Waals surface area contributed by atoms with Crippen molar-refractivity contribution in [1.29, 1.82) is 0 Å². The third kappa shape index (κ3) is 2.66. The number of carbonyl (C=O) groups is 1. The second kappa shape index (κ2) is 4.56. The molecule has 0 aromatic heterocycles. The Labute approximate surface area is 76.9 Å². The summed E-state index contributed by atoms with van der Waals surface area (Å²) in [4.78, 5) is 10.6. The van der Waals surface area contributed by atoms with Crippen LogP contribution in [0, 0.1) is 5.92 Å². The number of alkyl halides is 1. The van der Waals surface area contributed by atoms with Crippen molar-refractivity contribution in [2.24, 2.45) is 5.92 Å². The van der Waals surface area contributed by atoms with E-state index in [9.17, 15) is 9.18 Å². The largest absolute Gasteiger partial charge is 0.481 e. The summed E-state index contributed by atoms with van der Waals surface area (Å²) in [5, 5.41) is 8.66. The molecular formula is C9H15FO3. The van der Waals surface area contributed by atoms with E-state index in [1.54, 1.807) is 0 Å². The molecule has 4 heteroatoms. The number of hydrogen-bond donors (Lipinski definition) is 1. The number of aliphatic carboxylic acids is 1. The second-order valence-electron chi connectivity index (χ2n) is 3.36. The van der Waals surface area contributed by atoms with E-state index in [2.05, 4.69) is 0 Å². The first-order valence-corrected chi connectivity index (χ1v) is 4.63. The smallest absolute Gasteiger partial charge is 0.306 e. The summed E-state index contributed by atoms with van der Waals surface area (Å²) in [5.74, 6) is -1.41. The van der Waals surface area contributed by atoms with Gasteiger partial charge in [0.2, 0.25) is 0 Å². The molecule has 1 N–H and O–H groups in total. The molecule has 0 amide bonds. The highest BCUT2D eigenvalue weighted by Gasteiger charge is 2.34. The zero-order valence-corrected chi connectivity index (χ0v) is 7.70. The van der Waals surface area contributed by atoms with Crippen molar-refractivity contribution < 1.29 is 19.0 Å². The number of halogens is 1. The normalized spacial score (nSPS) is 34.5. The molecule has 0 saturated heterocycles. The van der Waals surface area contributed by atoms with Crippen molar-refractivity contribution >= 4 is 5.97 Å². The minimum atomic E-state index is -1.12. The molecule has 0 unspecified atom stereocenters. The van der Waals surface area contributed by atoms with Gasteiger partial charge >= 0.3 is 5.97 Å². The maximum atomic E-state index is 13.3. The van der Waals surface area contributed by atoms with Crippen LogP contribution in [0.4, 0.5) is 4.39 Å². The van der Waals surface area contributed by atoms with Gasteiger partial charge < -0.3 is 9.84 Å². The van der Waals surface area contributed by atoms with E-state index < -0.39 is 18.1 Å². The molecule has 0 heterocycles. The molecule has 0 spiro atoms. The van der Waals surface area contributed by atoms with Gasteiger partial charge in [0.05, 0.1) is 12.0 Å². The zero-order valence-electron chi connectivity index (χ0n) is 7.70. The van der Waals surface area contributed by atoms with E-state index in [1.807, 2.05) is 6.92 Å². The van der Waals surface area contributed by atoms with E-state index in [4.69, 9.17) is 9.84 Å². The van der Waals surface area contributed by atoms with Gasteiger partial charge in [0.1, 0.15) is 6.17 Å². The number of carboxylic acids is 1. The van der Waals surface area contributed by atoms with Gasteiger partial charge in [-0.3, -0.25) is 4.79 Å². The Kier molecular flexibility index (Phi) is 3.66. The molecule has 1 aliphatic carbocycles. The summed E-state index contributed by atoms with van der Waals surface area (Å²) in [6.45, 7) is 2.30. The van der Waals surface area contributed by atoms with E-state index in [0.29, 0.717) is 19.4 Å². The minimum Gasteiger partial charge on any atom is -0.481 e. The standard InChI is InChI=1S/C9H15FO3/c1-2-13-8-4-3-6(9(11)12)5-7(8)10/h6-8H,2-5H2,1H3,(H,11,12)/t6-,7+,8+/m0/s1. The van der Waals surface area contributed by atoms with Crippen molar-refractivity contribution in [2.75, 3.05) is 6.61 Å². The maximum Gasteiger partial charge on any atom is 0.306 e. The molecular weight excluding hydrogens is 175 g/mol. The Morgan fingerprint density at radius 2 is 2.31 bits per heavy atom. The molecule has 1 aliphatic rings. The topological polar surface area (TPSA) is 46.5 Å². The molecule has 0 bridgehead atoms. The number of hydrogen-bond acceptors (Lipinski definition) is 2. The average Bonchev–Trinajstić information content (AvgIpc) is 2.08. The van der Waals surface area contributed by atoms with Gasteiger partial charge in [-0.15, -0.1) is 0 Å². The molecule has 0 radical (unpaired) electrons. The predicted octanol–water partition coefficient (Wildman–Crippen LogP) is 1.61. The summed E-state index contributed by atoms with van der Waals surface area (Å²) < 4.78 is 18.4. The lowest BCUT2D eigenvalue weighted by atomic mass is 9.86. The van der Waals surface area contributed by atoms with Crippen molar-refractivity contribution in [3.05, 3.63) is 0 Å².